The number of halogens is 1. The number of rotatable bonds is 1. The van der Waals surface area contributed by atoms with E-state index >= 15 is 0 Å². The van der Waals surface area contributed by atoms with Crippen LogP contribution in [0.25, 0.3) is 0 Å². The molecule has 1 aromatic carbocycles. The van der Waals surface area contributed by atoms with Gasteiger partial charge >= 0.3 is 0 Å². The molecule has 20 heavy (non-hydrogen) atoms. The minimum absolute atomic E-state index is 0.113. The molecule has 2 fully saturated rings. The molecule has 2 amide bonds. The maximum Gasteiger partial charge on any atom is 0.234 e. The molecule has 0 aliphatic carbocycles. The Morgan fingerprint density at radius 2 is 2.00 bits per heavy atom. The molecule has 1 spiro atoms. The highest BCUT2D eigenvalue weighted by molar-refractivity contribution is 6.30. The molecule has 5 heteroatoms. The topological polar surface area (TPSA) is 55.4 Å². The van der Waals surface area contributed by atoms with E-state index in [1.54, 1.807) is 12.1 Å². The third kappa shape index (κ3) is 2.03. The van der Waals surface area contributed by atoms with Crippen LogP contribution in [0.15, 0.2) is 24.3 Å². The van der Waals surface area contributed by atoms with Crippen molar-refractivity contribution < 1.29 is 14.3 Å². The largest absolute Gasteiger partial charge is 0.378 e. The molecule has 1 aromatic rings. The van der Waals surface area contributed by atoms with Crippen molar-refractivity contribution in [1.29, 1.82) is 0 Å². The molecule has 2 heterocycles. The van der Waals surface area contributed by atoms with E-state index < -0.39 is 5.41 Å². The van der Waals surface area contributed by atoms with E-state index in [0.29, 0.717) is 18.1 Å². The molecule has 3 atom stereocenters. The van der Waals surface area contributed by atoms with Gasteiger partial charge in [0.05, 0.1) is 12.0 Å². The lowest BCUT2D eigenvalue weighted by atomic mass is 9.63. The van der Waals surface area contributed by atoms with Crippen molar-refractivity contribution in [3.8, 4) is 0 Å². The Kier molecular flexibility index (Phi) is 3.30. The highest BCUT2D eigenvalue weighted by atomic mass is 35.5. The van der Waals surface area contributed by atoms with Gasteiger partial charge in [-0.15, -0.1) is 0 Å². The molecular formula is C15H16ClNO3. The van der Waals surface area contributed by atoms with Crippen LogP contribution in [0.1, 0.15) is 31.2 Å². The Balaban J connectivity index is 2.06. The number of piperidine rings is 1. The maximum atomic E-state index is 12.4. The van der Waals surface area contributed by atoms with Crippen LogP contribution in [0.5, 0.6) is 0 Å². The van der Waals surface area contributed by atoms with Crippen LogP contribution in [0.2, 0.25) is 5.02 Å². The number of hydrogen-bond donors (Lipinski definition) is 1. The Morgan fingerprint density at radius 3 is 2.60 bits per heavy atom. The van der Waals surface area contributed by atoms with Gasteiger partial charge < -0.3 is 4.74 Å². The van der Waals surface area contributed by atoms with Gasteiger partial charge in [0.1, 0.15) is 0 Å². The summed E-state index contributed by atoms with van der Waals surface area (Å²) in [5.74, 6) is -0.812. The number of amides is 2. The maximum absolute atomic E-state index is 12.4. The monoisotopic (exact) mass is 293 g/mol. The number of benzene rings is 1. The number of imide groups is 1. The molecule has 3 rings (SSSR count). The molecule has 0 radical (unpaired) electrons. The summed E-state index contributed by atoms with van der Waals surface area (Å²) in [5.41, 5.74) is 0.449. The number of ether oxygens (including phenoxy) is 1. The minimum atomic E-state index is -0.437. The van der Waals surface area contributed by atoms with Gasteiger partial charge in [-0.25, -0.2) is 0 Å². The Hall–Kier alpha value is -1.39. The van der Waals surface area contributed by atoms with Crippen molar-refractivity contribution in [3.05, 3.63) is 34.9 Å². The predicted molar refractivity (Wildman–Crippen MR) is 74.4 cm³/mol. The van der Waals surface area contributed by atoms with E-state index in [2.05, 4.69) is 5.32 Å². The van der Waals surface area contributed by atoms with Crippen LogP contribution in [0.3, 0.4) is 0 Å². The minimum Gasteiger partial charge on any atom is -0.378 e. The Bertz CT molecular complexity index is 557. The van der Waals surface area contributed by atoms with Crippen molar-refractivity contribution in [1.82, 2.24) is 5.32 Å². The first kappa shape index (κ1) is 13.6. The SMILES string of the molecule is CC1OCCC12CC(=O)NC(=O)C2c1ccc(Cl)cc1. The van der Waals surface area contributed by atoms with Crippen molar-refractivity contribution in [2.24, 2.45) is 5.41 Å². The summed E-state index contributed by atoms with van der Waals surface area (Å²) >= 11 is 5.91. The highest BCUT2D eigenvalue weighted by Crippen LogP contribution is 2.51. The second-order valence-corrected chi connectivity index (χ2v) is 6.01. The highest BCUT2D eigenvalue weighted by Gasteiger charge is 2.55. The average Bonchev–Trinajstić information content (AvgIpc) is 2.72. The van der Waals surface area contributed by atoms with E-state index in [1.807, 2.05) is 19.1 Å². The van der Waals surface area contributed by atoms with Crippen LogP contribution in [-0.2, 0) is 14.3 Å². The summed E-state index contributed by atoms with van der Waals surface area (Å²) in [6.07, 6.45) is 0.937. The van der Waals surface area contributed by atoms with Gasteiger partial charge in [0, 0.05) is 23.5 Å². The smallest absolute Gasteiger partial charge is 0.234 e. The Morgan fingerprint density at radius 1 is 1.30 bits per heavy atom. The molecule has 3 unspecified atom stereocenters. The van der Waals surface area contributed by atoms with E-state index in [4.69, 9.17) is 16.3 Å². The molecule has 2 aliphatic heterocycles. The molecule has 2 aliphatic rings. The van der Waals surface area contributed by atoms with Gasteiger partial charge in [0.2, 0.25) is 11.8 Å². The summed E-state index contributed by atoms with van der Waals surface area (Å²) in [6.45, 7) is 2.54. The van der Waals surface area contributed by atoms with E-state index in [9.17, 15) is 9.59 Å². The quantitative estimate of drug-likeness (QED) is 0.808. The lowest BCUT2D eigenvalue weighted by Gasteiger charge is -2.41. The van der Waals surface area contributed by atoms with Gasteiger partial charge in [0.15, 0.2) is 0 Å². The van der Waals surface area contributed by atoms with Crippen molar-refractivity contribution in [2.75, 3.05) is 6.61 Å². The zero-order valence-electron chi connectivity index (χ0n) is 11.2. The molecular weight excluding hydrogens is 278 g/mol. The number of hydrogen-bond acceptors (Lipinski definition) is 3. The lowest BCUT2D eigenvalue weighted by Crippen LogP contribution is -2.53. The fourth-order valence-corrected chi connectivity index (χ4v) is 3.59. The molecule has 0 saturated carbocycles. The molecule has 1 N–H and O–H groups in total. The molecule has 0 bridgehead atoms. The van der Waals surface area contributed by atoms with Crippen LogP contribution in [0, 0.1) is 5.41 Å². The first-order valence-corrected chi connectivity index (χ1v) is 7.11. The number of carbonyl (C=O) groups excluding carboxylic acids is 2. The van der Waals surface area contributed by atoms with Gasteiger partial charge in [-0.1, -0.05) is 23.7 Å². The van der Waals surface area contributed by atoms with Crippen LogP contribution in [-0.4, -0.2) is 24.5 Å². The Labute approximate surface area is 122 Å². The third-order valence-corrected chi connectivity index (χ3v) is 4.79. The van der Waals surface area contributed by atoms with Crippen LogP contribution in [0.4, 0.5) is 0 Å². The molecule has 4 nitrogen and oxygen atoms in total. The van der Waals surface area contributed by atoms with E-state index in [0.717, 1.165) is 12.0 Å². The fourth-order valence-electron chi connectivity index (χ4n) is 3.46. The zero-order chi connectivity index (χ0) is 14.3. The van der Waals surface area contributed by atoms with E-state index in [-0.39, 0.29) is 23.8 Å². The lowest BCUT2D eigenvalue weighted by molar-refractivity contribution is -0.142. The van der Waals surface area contributed by atoms with Gasteiger partial charge in [0.25, 0.3) is 0 Å². The zero-order valence-corrected chi connectivity index (χ0v) is 11.9. The predicted octanol–water partition coefficient (Wildman–Crippen LogP) is 2.27. The second-order valence-electron chi connectivity index (χ2n) is 5.57. The van der Waals surface area contributed by atoms with Crippen LogP contribution < -0.4 is 5.32 Å². The molecule has 0 aromatic heterocycles. The van der Waals surface area contributed by atoms with Crippen molar-refractivity contribution in [3.63, 3.8) is 0 Å². The summed E-state index contributed by atoms with van der Waals surface area (Å²) < 4.78 is 5.66. The van der Waals surface area contributed by atoms with E-state index in [1.165, 1.54) is 0 Å². The standard InChI is InChI=1S/C15H16ClNO3/c1-9-15(6-7-20-9)8-12(18)17-14(19)13(15)10-2-4-11(16)5-3-10/h2-5,9,13H,6-8H2,1H3,(H,17,18,19). The van der Waals surface area contributed by atoms with Crippen LogP contribution >= 0.6 is 11.6 Å². The average molecular weight is 294 g/mol. The second kappa shape index (κ2) is 4.86. The number of carbonyl (C=O) groups is 2. The normalized spacial score (nSPS) is 33.5. The molecule has 106 valence electrons. The van der Waals surface area contributed by atoms with Crippen molar-refractivity contribution >= 4 is 23.4 Å². The summed E-state index contributed by atoms with van der Waals surface area (Å²) in [4.78, 5) is 24.2. The van der Waals surface area contributed by atoms with Gasteiger partial charge in [-0.05, 0) is 31.0 Å². The van der Waals surface area contributed by atoms with Gasteiger partial charge in [-0.3, -0.25) is 14.9 Å². The summed E-state index contributed by atoms with van der Waals surface area (Å²) in [5, 5.41) is 3.08. The first-order valence-electron chi connectivity index (χ1n) is 6.74. The van der Waals surface area contributed by atoms with Gasteiger partial charge in [-0.2, -0.15) is 0 Å². The summed E-state index contributed by atoms with van der Waals surface area (Å²) in [7, 11) is 0. The fraction of sp³-hybridized carbons (Fsp3) is 0.467. The first-order chi connectivity index (χ1) is 9.53. The number of nitrogens with one attached hydrogen (secondary N) is 1. The molecule has 2 saturated heterocycles. The van der Waals surface area contributed by atoms with Crippen molar-refractivity contribution in [2.45, 2.75) is 31.8 Å². The summed E-state index contributed by atoms with van der Waals surface area (Å²) in [6, 6.07) is 7.26. The third-order valence-electron chi connectivity index (χ3n) is 4.54.